The first-order valence-corrected chi connectivity index (χ1v) is 9.87. The van der Waals surface area contributed by atoms with Crippen LogP contribution in [0.1, 0.15) is 52.0 Å². The standard InChI is InChI=1S/C20H27Cl2NO4/c1-20(2,3)27-19(25)23(12-13-8-15(21)11-16(22)9-13)17-7-5-6-14(10-17)18(24)26-4/h8-9,11,14,17H,5-7,10,12H2,1-4H3. The summed E-state index contributed by atoms with van der Waals surface area (Å²) in [5, 5.41) is 1.02. The maximum atomic E-state index is 12.9. The van der Waals surface area contributed by atoms with Gasteiger partial charge in [-0.1, -0.05) is 29.6 Å². The lowest BCUT2D eigenvalue weighted by Gasteiger charge is -2.37. The molecule has 1 amide bonds. The fourth-order valence-electron chi connectivity index (χ4n) is 3.39. The third-order valence-corrected chi connectivity index (χ3v) is 4.96. The molecule has 5 nitrogen and oxygen atoms in total. The number of ether oxygens (including phenoxy) is 2. The van der Waals surface area contributed by atoms with Gasteiger partial charge in [0.15, 0.2) is 0 Å². The molecule has 0 spiro atoms. The molecule has 0 bridgehead atoms. The van der Waals surface area contributed by atoms with Gasteiger partial charge in [0, 0.05) is 22.6 Å². The van der Waals surface area contributed by atoms with E-state index in [0.717, 1.165) is 24.8 Å². The quantitative estimate of drug-likeness (QED) is 0.612. The number of hydrogen-bond acceptors (Lipinski definition) is 4. The average molecular weight is 416 g/mol. The number of esters is 1. The molecule has 1 aromatic rings. The van der Waals surface area contributed by atoms with Crippen LogP contribution in [0, 0.1) is 5.92 Å². The van der Waals surface area contributed by atoms with Crippen molar-refractivity contribution in [1.82, 2.24) is 4.90 Å². The summed E-state index contributed by atoms with van der Waals surface area (Å²) in [5.41, 5.74) is 0.205. The summed E-state index contributed by atoms with van der Waals surface area (Å²) in [6.45, 7) is 5.81. The van der Waals surface area contributed by atoms with E-state index in [-0.39, 0.29) is 17.9 Å². The largest absolute Gasteiger partial charge is 0.469 e. The maximum absolute atomic E-state index is 12.9. The second kappa shape index (κ2) is 9.16. The van der Waals surface area contributed by atoms with Gasteiger partial charge in [0.1, 0.15) is 5.60 Å². The Labute approximate surface area is 170 Å². The first kappa shape index (κ1) is 21.8. The highest BCUT2D eigenvalue weighted by molar-refractivity contribution is 6.34. The molecule has 0 radical (unpaired) electrons. The van der Waals surface area contributed by atoms with Gasteiger partial charge in [-0.25, -0.2) is 4.79 Å². The van der Waals surface area contributed by atoms with E-state index in [9.17, 15) is 9.59 Å². The molecule has 2 unspecified atom stereocenters. The topological polar surface area (TPSA) is 55.8 Å². The third kappa shape index (κ3) is 6.58. The molecule has 7 heteroatoms. The third-order valence-electron chi connectivity index (χ3n) is 4.53. The Bertz CT molecular complexity index is 667. The molecule has 0 aliphatic heterocycles. The molecule has 2 rings (SSSR count). The fraction of sp³-hybridized carbons (Fsp3) is 0.600. The number of benzene rings is 1. The summed E-state index contributed by atoms with van der Waals surface area (Å²) in [6, 6.07) is 5.10. The predicted molar refractivity (Wildman–Crippen MR) is 106 cm³/mol. The zero-order valence-corrected chi connectivity index (χ0v) is 17.8. The lowest BCUT2D eigenvalue weighted by Crippen LogP contribution is -2.45. The number of rotatable bonds is 4. The first-order chi connectivity index (χ1) is 12.6. The van der Waals surface area contributed by atoms with Crippen LogP contribution in [-0.4, -0.2) is 35.7 Å². The van der Waals surface area contributed by atoms with Crippen molar-refractivity contribution >= 4 is 35.3 Å². The van der Waals surface area contributed by atoms with Crippen LogP contribution in [0.5, 0.6) is 0 Å². The first-order valence-electron chi connectivity index (χ1n) is 9.11. The van der Waals surface area contributed by atoms with Crippen molar-refractivity contribution in [3.05, 3.63) is 33.8 Å². The van der Waals surface area contributed by atoms with E-state index in [1.165, 1.54) is 7.11 Å². The summed E-state index contributed by atoms with van der Waals surface area (Å²) in [6.07, 6.45) is 2.57. The van der Waals surface area contributed by atoms with Crippen LogP contribution in [0.15, 0.2) is 18.2 Å². The van der Waals surface area contributed by atoms with E-state index in [2.05, 4.69) is 0 Å². The molecule has 0 aromatic heterocycles. The van der Waals surface area contributed by atoms with Crippen LogP contribution in [0.2, 0.25) is 10.0 Å². The Hall–Kier alpha value is -1.46. The molecule has 1 aliphatic rings. The SMILES string of the molecule is COC(=O)C1CCCC(N(Cc2cc(Cl)cc(Cl)c2)C(=O)OC(C)(C)C)C1. The van der Waals surface area contributed by atoms with E-state index in [1.54, 1.807) is 23.1 Å². The van der Waals surface area contributed by atoms with Crippen LogP contribution in [-0.2, 0) is 20.8 Å². The number of halogens is 2. The second-order valence-electron chi connectivity index (χ2n) is 7.93. The van der Waals surface area contributed by atoms with Crippen molar-refractivity contribution in [3.63, 3.8) is 0 Å². The molecule has 27 heavy (non-hydrogen) atoms. The van der Waals surface area contributed by atoms with E-state index >= 15 is 0 Å². The van der Waals surface area contributed by atoms with Crippen LogP contribution < -0.4 is 0 Å². The summed E-state index contributed by atoms with van der Waals surface area (Å²) >= 11 is 12.2. The Kier molecular flexibility index (Phi) is 7.40. The van der Waals surface area contributed by atoms with Crippen LogP contribution in [0.4, 0.5) is 4.79 Å². The minimum atomic E-state index is -0.613. The van der Waals surface area contributed by atoms with Gasteiger partial charge in [0.25, 0.3) is 0 Å². The van der Waals surface area contributed by atoms with Crippen LogP contribution in [0.3, 0.4) is 0 Å². The zero-order valence-electron chi connectivity index (χ0n) is 16.3. The molecule has 1 aromatic carbocycles. The van der Waals surface area contributed by atoms with Gasteiger partial charge >= 0.3 is 12.1 Å². The van der Waals surface area contributed by atoms with E-state index < -0.39 is 11.7 Å². The number of carbonyl (C=O) groups is 2. The molecule has 2 atom stereocenters. The average Bonchev–Trinajstić information content (AvgIpc) is 2.56. The summed E-state index contributed by atoms with van der Waals surface area (Å²) in [5.74, 6) is -0.434. The molecule has 1 fully saturated rings. The summed E-state index contributed by atoms with van der Waals surface area (Å²) in [4.78, 5) is 26.6. The molecule has 0 saturated heterocycles. The Balaban J connectivity index is 2.25. The van der Waals surface area contributed by atoms with Crippen molar-refractivity contribution in [2.75, 3.05) is 7.11 Å². The summed E-state index contributed by atoms with van der Waals surface area (Å²) in [7, 11) is 1.39. The number of hydrogen-bond donors (Lipinski definition) is 0. The molecular weight excluding hydrogens is 389 g/mol. The summed E-state index contributed by atoms with van der Waals surface area (Å²) < 4.78 is 10.5. The molecule has 0 N–H and O–H groups in total. The Morgan fingerprint density at radius 1 is 1.15 bits per heavy atom. The second-order valence-corrected chi connectivity index (χ2v) is 8.80. The zero-order chi connectivity index (χ0) is 20.2. The number of nitrogens with zero attached hydrogens (tertiary/aromatic N) is 1. The molecule has 150 valence electrons. The predicted octanol–water partition coefficient (Wildman–Crippen LogP) is 5.46. The lowest BCUT2D eigenvalue weighted by atomic mass is 9.85. The Morgan fingerprint density at radius 2 is 1.78 bits per heavy atom. The van der Waals surface area contributed by atoms with Gasteiger partial charge in [0.05, 0.1) is 13.0 Å². The van der Waals surface area contributed by atoms with Gasteiger partial charge in [-0.3, -0.25) is 4.79 Å². The monoisotopic (exact) mass is 415 g/mol. The molecule has 0 heterocycles. The molecule has 1 aliphatic carbocycles. The minimum Gasteiger partial charge on any atom is -0.469 e. The van der Waals surface area contributed by atoms with Gasteiger partial charge in [-0.2, -0.15) is 0 Å². The van der Waals surface area contributed by atoms with Crippen molar-refractivity contribution in [1.29, 1.82) is 0 Å². The highest BCUT2D eigenvalue weighted by Crippen LogP contribution is 2.31. The van der Waals surface area contributed by atoms with Crippen molar-refractivity contribution in [2.24, 2.45) is 5.92 Å². The number of carbonyl (C=O) groups excluding carboxylic acids is 2. The molecular formula is C20H27Cl2NO4. The van der Waals surface area contributed by atoms with Gasteiger partial charge in [-0.15, -0.1) is 0 Å². The lowest BCUT2D eigenvalue weighted by molar-refractivity contribution is -0.147. The van der Waals surface area contributed by atoms with Gasteiger partial charge in [0.2, 0.25) is 0 Å². The van der Waals surface area contributed by atoms with Crippen molar-refractivity contribution in [2.45, 2.75) is 64.6 Å². The van der Waals surface area contributed by atoms with Gasteiger partial charge < -0.3 is 14.4 Å². The minimum absolute atomic E-state index is 0.115. The van der Waals surface area contributed by atoms with E-state index in [0.29, 0.717) is 23.0 Å². The van der Waals surface area contributed by atoms with E-state index in [1.807, 2.05) is 20.8 Å². The molecule has 1 saturated carbocycles. The van der Waals surface area contributed by atoms with Crippen LogP contribution >= 0.6 is 23.2 Å². The fourth-order valence-corrected chi connectivity index (χ4v) is 3.96. The number of methoxy groups -OCH3 is 1. The normalized spacial score (nSPS) is 20.1. The van der Waals surface area contributed by atoms with Crippen molar-refractivity contribution in [3.8, 4) is 0 Å². The maximum Gasteiger partial charge on any atom is 0.410 e. The smallest absolute Gasteiger partial charge is 0.410 e. The van der Waals surface area contributed by atoms with Gasteiger partial charge in [-0.05, 0) is 63.8 Å². The van der Waals surface area contributed by atoms with Crippen molar-refractivity contribution < 1.29 is 19.1 Å². The van der Waals surface area contributed by atoms with Crippen LogP contribution in [0.25, 0.3) is 0 Å². The highest BCUT2D eigenvalue weighted by atomic mass is 35.5. The highest BCUT2D eigenvalue weighted by Gasteiger charge is 2.35. The number of amides is 1. The Morgan fingerprint density at radius 3 is 2.33 bits per heavy atom. The van der Waals surface area contributed by atoms with E-state index in [4.69, 9.17) is 32.7 Å².